The fourth-order valence-electron chi connectivity index (χ4n) is 1.84. The molecule has 0 aliphatic carbocycles. The van der Waals surface area contributed by atoms with Gasteiger partial charge < -0.3 is 5.11 Å². The summed E-state index contributed by atoms with van der Waals surface area (Å²) in [6.07, 6.45) is 0. The highest BCUT2D eigenvalue weighted by Gasteiger charge is 2.22. The normalized spacial score (nSPS) is 11.6. The van der Waals surface area contributed by atoms with E-state index in [9.17, 15) is 9.90 Å². The van der Waals surface area contributed by atoms with Crippen LogP contribution in [0.15, 0.2) is 34.8 Å². The van der Waals surface area contributed by atoms with Crippen LogP contribution in [0.4, 0.5) is 0 Å². The molecule has 2 rings (SSSR count). The van der Waals surface area contributed by atoms with E-state index in [1.807, 2.05) is 45.0 Å². The molecule has 0 aliphatic rings. The Morgan fingerprint density at radius 1 is 1.30 bits per heavy atom. The molecule has 0 amide bonds. The molecule has 1 heterocycles. The smallest absolute Gasteiger partial charge is 0.354 e. The summed E-state index contributed by atoms with van der Waals surface area (Å²) in [4.78, 5) is 11.3. The predicted octanol–water partition coefficient (Wildman–Crippen LogP) is 3.69. The molecule has 2 aromatic rings. The van der Waals surface area contributed by atoms with Gasteiger partial charge in [0.25, 0.3) is 0 Å². The Morgan fingerprint density at radius 3 is 2.40 bits per heavy atom. The number of halogens is 1. The average molecular weight is 337 g/mol. The second kappa shape index (κ2) is 5.40. The Balaban J connectivity index is 2.37. The largest absolute Gasteiger partial charge is 0.477 e. The van der Waals surface area contributed by atoms with Crippen LogP contribution in [0.5, 0.6) is 0 Å². The summed E-state index contributed by atoms with van der Waals surface area (Å²) in [6, 6.07) is 9.43. The molecule has 0 bridgehead atoms. The first kappa shape index (κ1) is 14.8. The maximum Gasteiger partial charge on any atom is 0.354 e. The van der Waals surface area contributed by atoms with E-state index in [4.69, 9.17) is 0 Å². The molecule has 0 radical (unpaired) electrons. The second-order valence-electron chi connectivity index (χ2n) is 5.75. The van der Waals surface area contributed by atoms with E-state index in [1.165, 1.54) is 0 Å². The van der Waals surface area contributed by atoms with E-state index in [2.05, 4.69) is 21.0 Å². The zero-order valence-electron chi connectivity index (χ0n) is 11.7. The average Bonchev–Trinajstić information content (AvgIpc) is 2.76. The van der Waals surface area contributed by atoms with Crippen molar-refractivity contribution >= 4 is 21.9 Å². The molecule has 0 aliphatic heterocycles. The van der Waals surface area contributed by atoms with Crippen molar-refractivity contribution < 1.29 is 9.90 Å². The van der Waals surface area contributed by atoms with E-state index in [-0.39, 0.29) is 11.1 Å². The molecule has 1 aromatic carbocycles. The van der Waals surface area contributed by atoms with Crippen molar-refractivity contribution in [3.05, 3.63) is 51.8 Å². The summed E-state index contributed by atoms with van der Waals surface area (Å²) in [5, 5.41) is 13.7. The quantitative estimate of drug-likeness (QED) is 0.929. The molecule has 4 nitrogen and oxygen atoms in total. The first-order chi connectivity index (χ1) is 9.27. The Bertz CT molecular complexity index is 624. The number of carbonyl (C=O) groups is 1. The van der Waals surface area contributed by atoms with Crippen LogP contribution in [0.2, 0.25) is 0 Å². The zero-order chi connectivity index (χ0) is 14.9. The van der Waals surface area contributed by atoms with Crippen molar-refractivity contribution in [2.24, 2.45) is 0 Å². The van der Waals surface area contributed by atoms with Gasteiger partial charge in [0.1, 0.15) is 5.69 Å². The summed E-state index contributed by atoms with van der Waals surface area (Å²) < 4.78 is 2.54. The van der Waals surface area contributed by atoms with E-state index >= 15 is 0 Å². The number of hydrogen-bond donors (Lipinski definition) is 1. The Labute approximate surface area is 126 Å². The molecule has 5 heteroatoms. The fraction of sp³-hybridized carbons (Fsp3) is 0.333. The van der Waals surface area contributed by atoms with Gasteiger partial charge in [-0.15, -0.1) is 0 Å². The highest BCUT2D eigenvalue weighted by molar-refractivity contribution is 9.10. The molecular formula is C15H17BrN2O2. The highest BCUT2D eigenvalue weighted by atomic mass is 79.9. The number of aromatic carboxylic acids is 1. The molecule has 0 unspecified atom stereocenters. The number of carboxylic acid groups (broad SMARTS) is 1. The molecule has 0 saturated carbocycles. The number of rotatable bonds is 3. The lowest BCUT2D eigenvalue weighted by Crippen LogP contribution is -2.14. The van der Waals surface area contributed by atoms with Gasteiger partial charge in [0.15, 0.2) is 0 Å². The molecule has 1 N–H and O–H groups in total. The van der Waals surface area contributed by atoms with Crippen LogP contribution in [0, 0.1) is 0 Å². The Kier molecular flexibility index (Phi) is 3.99. The van der Waals surface area contributed by atoms with Crippen molar-refractivity contribution in [3.8, 4) is 0 Å². The van der Waals surface area contributed by atoms with Crippen LogP contribution in [0.25, 0.3) is 0 Å². The van der Waals surface area contributed by atoms with Gasteiger partial charge >= 0.3 is 5.97 Å². The molecule has 106 valence electrons. The Morgan fingerprint density at radius 2 is 1.90 bits per heavy atom. The van der Waals surface area contributed by atoms with E-state index < -0.39 is 5.97 Å². The molecule has 1 aromatic heterocycles. The maximum atomic E-state index is 11.3. The third kappa shape index (κ3) is 3.28. The van der Waals surface area contributed by atoms with Gasteiger partial charge in [0.05, 0.1) is 12.2 Å². The molecule has 0 saturated heterocycles. The van der Waals surface area contributed by atoms with Crippen molar-refractivity contribution in [1.82, 2.24) is 9.78 Å². The third-order valence-electron chi connectivity index (χ3n) is 3.01. The topological polar surface area (TPSA) is 55.1 Å². The second-order valence-corrected chi connectivity index (χ2v) is 6.67. The SMILES string of the molecule is CC(C)(C)c1cc(C(=O)O)n(Cc2ccc(Br)cc2)n1. The standard InChI is InChI=1S/C15H17BrN2O2/c1-15(2,3)13-8-12(14(19)20)18(17-13)9-10-4-6-11(16)7-5-10/h4-8H,9H2,1-3H3,(H,19,20). The molecule has 20 heavy (non-hydrogen) atoms. The van der Waals surface area contributed by atoms with Crippen LogP contribution in [0.3, 0.4) is 0 Å². The lowest BCUT2D eigenvalue weighted by atomic mass is 9.92. The zero-order valence-corrected chi connectivity index (χ0v) is 13.3. The summed E-state index contributed by atoms with van der Waals surface area (Å²) in [5.41, 5.74) is 1.85. The maximum absolute atomic E-state index is 11.3. The van der Waals surface area contributed by atoms with Gasteiger partial charge in [0.2, 0.25) is 0 Å². The summed E-state index contributed by atoms with van der Waals surface area (Å²) in [5.74, 6) is -0.954. The number of benzene rings is 1. The monoisotopic (exact) mass is 336 g/mol. The van der Waals surface area contributed by atoms with Crippen LogP contribution < -0.4 is 0 Å². The van der Waals surface area contributed by atoms with Crippen molar-refractivity contribution in [1.29, 1.82) is 0 Å². The van der Waals surface area contributed by atoms with Gasteiger partial charge in [-0.1, -0.05) is 48.8 Å². The van der Waals surface area contributed by atoms with Crippen molar-refractivity contribution in [2.75, 3.05) is 0 Å². The predicted molar refractivity (Wildman–Crippen MR) is 81.1 cm³/mol. The van der Waals surface area contributed by atoms with Gasteiger partial charge in [-0.2, -0.15) is 5.10 Å². The van der Waals surface area contributed by atoms with Crippen LogP contribution in [0.1, 0.15) is 42.5 Å². The number of aromatic nitrogens is 2. The van der Waals surface area contributed by atoms with E-state index in [0.29, 0.717) is 6.54 Å². The molecule has 0 atom stereocenters. The summed E-state index contributed by atoms with van der Waals surface area (Å²) in [6.45, 7) is 6.51. The van der Waals surface area contributed by atoms with E-state index in [1.54, 1.807) is 10.7 Å². The first-order valence-corrected chi connectivity index (χ1v) is 7.13. The minimum Gasteiger partial charge on any atom is -0.477 e. The summed E-state index contributed by atoms with van der Waals surface area (Å²) in [7, 11) is 0. The molecule has 0 fully saturated rings. The fourth-order valence-corrected chi connectivity index (χ4v) is 2.10. The van der Waals surface area contributed by atoms with Crippen LogP contribution in [-0.2, 0) is 12.0 Å². The van der Waals surface area contributed by atoms with Crippen molar-refractivity contribution in [3.63, 3.8) is 0 Å². The number of carboxylic acids is 1. The lowest BCUT2D eigenvalue weighted by molar-refractivity contribution is 0.0684. The van der Waals surface area contributed by atoms with E-state index in [0.717, 1.165) is 15.7 Å². The lowest BCUT2D eigenvalue weighted by Gasteiger charge is -2.14. The molecular weight excluding hydrogens is 320 g/mol. The third-order valence-corrected chi connectivity index (χ3v) is 3.54. The van der Waals surface area contributed by atoms with Gasteiger partial charge in [0, 0.05) is 9.89 Å². The minimum absolute atomic E-state index is 0.171. The number of nitrogens with zero attached hydrogens (tertiary/aromatic N) is 2. The highest BCUT2D eigenvalue weighted by Crippen LogP contribution is 2.22. The van der Waals surface area contributed by atoms with Crippen LogP contribution in [-0.4, -0.2) is 20.9 Å². The van der Waals surface area contributed by atoms with Gasteiger partial charge in [-0.05, 0) is 23.8 Å². The van der Waals surface area contributed by atoms with Crippen molar-refractivity contribution in [2.45, 2.75) is 32.7 Å². The minimum atomic E-state index is -0.954. The first-order valence-electron chi connectivity index (χ1n) is 6.33. The van der Waals surface area contributed by atoms with Crippen LogP contribution >= 0.6 is 15.9 Å². The number of hydrogen-bond acceptors (Lipinski definition) is 2. The Hall–Kier alpha value is -1.62. The summed E-state index contributed by atoms with van der Waals surface area (Å²) >= 11 is 3.38. The van der Waals surface area contributed by atoms with Gasteiger partial charge in [-0.3, -0.25) is 4.68 Å². The molecule has 0 spiro atoms. The van der Waals surface area contributed by atoms with Gasteiger partial charge in [-0.25, -0.2) is 4.79 Å².